The minimum atomic E-state index is -0.370. The van der Waals surface area contributed by atoms with Crippen LogP contribution in [0.1, 0.15) is 278 Å². The first-order valence-electron chi connectivity index (χ1n) is 24.3. The molecule has 0 unspecified atom stereocenters. The lowest BCUT2D eigenvalue weighted by Gasteiger charge is -2.25. The van der Waals surface area contributed by atoms with Crippen LogP contribution in [0.5, 0.6) is 0 Å². The molecule has 0 spiro atoms. The van der Waals surface area contributed by atoms with Crippen molar-refractivity contribution in [2.45, 2.75) is 278 Å². The fourth-order valence-electron chi connectivity index (χ4n) is 8.11. The summed E-state index contributed by atoms with van der Waals surface area (Å²) in [6.07, 6.45) is 52.1. The molecule has 0 aromatic rings. The van der Waals surface area contributed by atoms with Gasteiger partial charge in [-0.1, -0.05) is 252 Å². The molecule has 1 rings (SSSR count). The Kier molecular flexibility index (Phi) is 35.7. The summed E-state index contributed by atoms with van der Waals surface area (Å²) < 4.78 is 11.6. The van der Waals surface area contributed by atoms with E-state index in [0.29, 0.717) is 19.6 Å². The first-order chi connectivity index (χ1) is 25.9. The molecule has 4 heteroatoms. The zero-order chi connectivity index (χ0) is 38.3. The van der Waals surface area contributed by atoms with E-state index in [4.69, 9.17) is 9.47 Å². The van der Waals surface area contributed by atoms with E-state index in [9.17, 15) is 9.59 Å². The maximum absolute atomic E-state index is 13.3. The van der Waals surface area contributed by atoms with E-state index in [1.54, 1.807) is 0 Å². The van der Waals surface area contributed by atoms with E-state index in [-0.39, 0.29) is 23.3 Å². The molecule has 314 valence electrons. The molecular formula is C49H94O4. The Morgan fingerprint density at radius 2 is 0.698 bits per heavy atom. The summed E-state index contributed by atoms with van der Waals surface area (Å²) in [6, 6.07) is 0. The lowest BCUT2D eigenvalue weighted by molar-refractivity contribution is -0.156. The molecule has 0 amide bonds. The van der Waals surface area contributed by atoms with Crippen LogP contribution in [0.15, 0.2) is 0 Å². The summed E-state index contributed by atoms with van der Waals surface area (Å²) in [6.45, 7) is 7.00. The van der Waals surface area contributed by atoms with Gasteiger partial charge in [-0.05, 0) is 19.3 Å². The van der Waals surface area contributed by atoms with E-state index < -0.39 is 0 Å². The van der Waals surface area contributed by atoms with Gasteiger partial charge in [0.15, 0.2) is 0 Å². The molecular weight excluding hydrogens is 653 g/mol. The Balaban J connectivity index is 2.12. The predicted octanol–water partition coefficient (Wildman–Crippen LogP) is 16.4. The molecule has 1 aliphatic rings. The topological polar surface area (TPSA) is 52.6 Å². The maximum atomic E-state index is 13.3. The fourth-order valence-corrected chi connectivity index (χ4v) is 8.11. The highest BCUT2D eigenvalue weighted by molar-refractivity contribution is 5.72. The molecule has 1 saturated carbocycles. The van der Waals surface area contributed by atoms with Gasteiger partial charge in [0.1, 0.15) is 0 Å². The minimum absolute atomic E-state index is 0.0110. The van der Waals surface area contributed by atoms with Crippen molar-refractivity contribution in [3.8, 4) is 0 Å². The molecule has 0 heterocycles. The Morgan fingerprint density at radius 3 is 1.04 bits per heavy atom. The van der Waals surface area contributed by atoms with Crippen LogP contribution >= 0.6 is 0 Å². The van der Waals surface area contributed by atoms with Gasteiger partial charge in [-0.2, -0.15) is 0 Å². The van der Waals surface area contributed by atoms with Gasteiger partial charge in [0, 0.05) is 11.8 Å². The zero-order valence-corrected chi connectivity index (χ0v) is 36.4. The number of unbranched alkanes of at least 4 members (excludes halogenated alkanes) is 18. The summed E-state index contributed by atoms with van der Waals surface area (Å²) in [7, 11) is 0. The Morgan fingerprint density at radius 1 is 0.415 bits per heavy atom. The van der Waals surface area contributed by atoms with Crippen molar-refractivity contribution in [1.29, 1.82) is 0 Å². The summed E-state index contributed by atoms with van der Waals surface area (Å²) in [4.78, 5) is 25.8. The molecule has 0 bridgehead atoms. The molecule has 1 aliphatic carbocycles. The van der Waals surface area contributed by atoms with Crippen LogP contribution in [-0.4, -0.2) is 25.2 Å². The predicted molar refractivity (Wildman–Crippen MR) is 230 cm³/mol. The van der Waals surface area contributed by atoms with Crippen molar-refractivity contribution >= 4 is 11.9 Å². The third kappa shape index (κ3) is 35.1. The molecule has 53 heavy (non-hydrogen) atoms. The van der Waals surface area contributed by atoms with Gasteiger partial charge in [-0.25, -0.2) is 0 Å². The summed E-state index contributed by atoms with van der Waals surface area (Å²) in [5.74, 6) is -0.129. The molecule has 0 saturated heterocycles. The van der Waals surface area contributed by atoms with Crippen molar-refractivity contribution in [1.82, 2.24) is 0 Å². The lowest BCUT2D eigenvalue weighted by atomic mass is 9.93. The van der Waals surface area contributed by atoms with Crippen LogP contribution in [0.2, 0.25) is 0 Å². The Labute approximate surface area is 332 Å². The second kappa shape index (κ2) is 37.8. The summed E-state index contributed by atoms with van der Waals surface area (Å²) >= 11 is 0. The Hall–Kier alpha value is -1.06. The van der Waals surface area contributed by atoms with Crippen LogP contribution in [0.25, 0.3) is 0 Å². The number of rotatable bonds is 25. The van der Waals surface area contributed by atoms with Crippen molar-refractivity contribution in [2.75, 3.05) is 13.2 Å². The molecule has 0 N–H and O–H groups in total. The smallest absolute Gasteiger partial charge is 0.308 e. The third-order valence-corrected chi connectivity index (χ3v) is 11.9. The molecule has 0 aliphatic heterocycles. The van der Waals surface area contributed by atoms with Gasteiger partial charge in [0.25, 0.3) is 0 Å². The number of hydrogen-bond donors (Lipinski definition) is 0. The highest BCUT2D eigenvalue weighted by Gasteiger charge is 2.26. The normalized spacial score (nSPS) is 17.2. The number of esters is 2. The van der Waals surface area contributed by atoms with E-state index in [0.717, 1.165) is 38.5 Å². The summed E-state index contributed by atoms with van der Waals surface area (Å²) in [5.41, 5.74) is -0.370. The minimum Gasteiger partial charge on any atom is -0.465 e. The number of carbonyl (C=O) groups is 2. The van der Waals surface area contributed by atoms with Crippen LogP contribution < -0.4 is 0 Å². The maximum Gasteiger partial charge on any atom is 0.308 e. The lowest BCUT2D eigenvalue weighted by Crippen LogP contribution is -2.30. The Bertz CT molecular complexity index is 769. The van der Waals surface area contributed by atoms with Crippen molar-refractivity contribution in [3.63, 3.8) is 0 Å². The molecule has 0 atom stereocenters. The van der Waals surface area contributed by atoms with Crippen LogP contribution in [0.3, 0.4) is 0 Å². The van der Waals surface area contributed by atoms with Gasteiger partial charge in [0.2, 0.25) is 0 Å². The average Bonchev–Trinajstić information content (AvgIpc) is 3.15. The zero-order valence-electron chi connectivity index (χ0n) is 36.4. The number of ether oxygens (including phenoxy) is 2. The number of hydrogen-bond acceptors (Lipinski definition) is 4. The van der Waals surface area contributed by atoms with E-state index in [2.05, 4.69) is 6.92 Å². The van der Waals surface area contributed by atoms with Gasteiger partial charge >= 0.3 is 11.9 Å². The molecule has 0 aromatic carbocycles. The van der Waals surface area contributed by atoms with E-state index in [1.807, 2.05) is 13.8 Å². The third-order valence-electron chi connectivity index (χ3n) is 11.9. The monoisotopic (exact) mass is 747 g/mol. The quantitative estimate of drug-likeness (QED) is 0.0689. The van der Waals surface area contributed by atoms with Crippen molar-refractivity contribution in [3.05, 3.63) is 0 Å². The molecule has 4 nitrogen and oxygen atoms in total. The number of carbonyl (C=O) groups excluding carboxylic acids is 2. The SMILES string of the molecule is CCCCCCCCCCCCCCCCCCCCCC(=O)OCC(C)(C)COC(=O)C1CCCCCCCCCCCCCCCCCCCC1. The van der Waals surface area contributed by atoms with Gasteiger partial charge < -0.3 is 9.47 Å². The van der Waals surface area contributed by atoms with Crippen LogP contribution in [-0.2, 0) is 19.1 Å². The molecule has 0 aromatic heterocycles. The second-order valence-electron chi connectivity index (χ2n) is 18.2. The second-order valence-corrected chi connectivity index (χ2v) is 18.2. The fraction of sp³-hybridized carbons (Fsp3) is 0.959. The van der Waals surface area contributed by atoms with Crippen molar-refractivity contribution < 1.29 is 19.1 Å². The largest absolute Gasteiger partial charge is 0.465 e. The van der Waals surface area contributed by atoms with Gasteiger partial charge in [0.05, 0.1) is 19.1 Å². The first-order valence-corrected chi connectivity index (χ1v) is 24.3. The van der Waals surface area contributed by atoms with Crippen LogP contribution in [0.4, 0.5) is 0 Å². The molecule has 0 radical (unpaired) electrons. The standard InChI is InChI=1S/C49H94O4/c1-4-5-6-7-8-9-10-11-12-13-14-19-22-25-28-31-34-37-40-43-47(50)52-44-49(2,3)45-53-48(51)46-41-38-35-32-29-26-23-20-17-15-16-18-21-24-27-30-33-36-39-42-46/h46H,4-45H2,1-3H3. The summed E-state index contributed by atoms with van der Waals surface area (Å²) in [5, 5.41) is 0. The van der Waals surface area contributed by atoms with Crippen LogP contribution in [0, 0.1) is 11.3 Å². The highest BCUT2D eigenvalue weighted by Crippen LogP contribution is 2.24. The molecule has 1 fully saturated rings. The van der Waals surface area contributed by atoms with Gasteiger partial charge in [-0.3, -0.25) is 9.59 Å². The average molecular weight is 747 g/mol. The van der Waals surface area contributed by atoms with E-state index >= 15 is 0 Å². The first kappa shape index (κ1) is 50.0. The van der Waals surface area contributed by atoms with Crippen molar-refractivity contribution in [2.24, 2.45) is 11.3 Å². The van der Waals surface area contributed by atoms with E-state index in [1.165, 1.54) is 212 Å². The van der Waals surface area contributed by atoms with Gasteiger partial charge in [-0.15, -0.1) is 0 Å². The highest BCUT2D eigenvalue weighted by atomic mass is 16.5.